The van der Waals surface area contributed by atoms with E-state index in [-0.39, 0.29) is 18.6 Å². The van der Waals surface area contributed by atoms with Gasteiger partial charge in [0.15, 0.2) is 6.19 Å². The lowest BCUT2D eigenvalue weighted by molar-refractivity contribution is -0.121. The second kappa shape index (κ2) is 17.4. The Hall–Kier alpha value is -2.03. The lowest BCUT2D eigenvalue weighted by atomic mass is 10.1. The van der Waals surface area contributed by atoms with Crippen LogP contribution in [0.5, 0.6) is 0 Å². The number of thioether (sulfide) groups is 1. The van der Waals surface area contributed by atoms with Crippen molar-refractivity contribution in [2.75, 3.05) is 36.7 Å². The third kappa shape index (κ3) is 13.3. The lowest BCUT2D eigenvalue weighted by Gasteiger charge is -2.28. The number of hydrogen-bond donors (Lipinski definition) is 6. The first-order chi connectivity index (χ1) is 16.0. The van der Waals surface area contributed by atoms with Crippen LogP contribution in [0.1, 0.15) is 51.5 Å². The van der Waals surface area contributed by atoms with Crippen LogP contribution in [0, 0.1) is 11.5 Å². The number of hydrogen-bond acceptors (Lipinski definition) is 9. The molecule has 33 heavy (non-hydrogen) atoms. The largest absolute Gasteiger partial charge is 0.394 e. The molecule has 0 aliphatic carbocycles. The van der Waals surface area contributed by atoms with Crippen LogP contribution in [0.25, 0.3) is 0 Å². The molecule has 10 heteroatoms. The Morgan fingerprint density at radius 1 is 1.30 bits per heavy atom. The predicted octanol–water partition coefficient (Wildman–Crippen LogP) is 2.05. The SMILES string of the molecule is CCCC(N)(NC#N)NCCCCONc1ccc(CC(CO)NC(=O)CCSCC)cc1. The summed E-state index contributed by atoms with van der Waals surface area (Å²) >= 11 is 1.73. The van der Waals surface area contributed by atoms with Crippen LogP contribution >= 0.6 is 11.8 Å². The molecule has 2 unspecified atom stereocenters. The molecule has 1 amide bonds. The summed E-state index contributed by atoms with van der Waals surface area (Å²) in [4.78, 5) is 17.5. The summed E-state index contributed by atoms with van der Waals surface area (Å²) < 4.78 is 0. The molecule has 0 aliphatic rings. The molecule has 0 radical (unpaired) electrons. The molecule has 0 saturated carbocycles. The van der Waals surface area contributed by atoms with Crippen LogP contribution in [0.4, 0.5) is 5.69 Å². The van der Waals surface area contributed by atoms with Gasteiger partial charge in [-0.2, -0.15) is 17.0 Å². The van der Waals surface area contributed by atoms with E-state index >= 15 is 0 Å². The molecule has 0 aromatic heterocycles. The number of carbonyl (C=O) groups excluding carboxylic acids is 1. The van der Waals surface area contributed by atoms with E-state index in [1.807, 2.05) is 37.4 Å². The van der Waals surface area contributed by atoms with Gasteiger partial charge in [0.25, 0.3) is 0 Å². The molecular formula is C23H40N6O3S. The molecule has 186 valence electrons. The van der Waals surface area contributed by atoms with Gasteiger partial charge in [-0.05, 0) is 55.7 Å². The van der Waals surface area contributed by atoms with Gasteiger partial charge in [0.1, 0.15) is 5.79 Å². The number of rotatable bonds is 19. The summed E-state index contributed by atoms with van der Waals surface area (Å²) in [5.41, 5.74) is 10.9. The minimum Gasteiger partial charge on any atom is -0.394 e. The van der Waals surface area contributed by atoms with Gasteiger partial charge in [0, 0.05) is 12.2 Å². The van der Waals surface area contributed by atoms with Crippen molar-refractivity contribution in [2.24, 2.45) is 5.73 Å². The number of anilines is 1. The van der Waals surface area contributed by atoms with E-state index in [1.165, 1.54) is 0 Å². The first-order valence-electron chi connectivity index (χ1n) is 11.6. The van der Waals surface area contributed by atoms with Gasteiger partial charge in [-0.25, -0.2) is 0 Å². The summed E-state index contributed by atoms with van der Waals surface area (Å²) in [6.07, 6.45) is 6.17. The smallest absolute Gasteiger partial charge is 0.221 e. The van der Waals surface area contributed by atoms with E-state index in [4.69, 9.17) is 15.8 Å². The van der Waals surface area contributed by atoms with E-state index < -0.39 is 5.79 Å². The molecule has 9 nitrogen and oxygen atoms in total. The number of aliphatic hydroxyl groups is 1. The maximum Gasteiger partial charge on any atom is 0.221 e. The third-order valence-electron chi connectivity index (χ3n) is 4.93. The summed E-state index contributed by atoms with van der Waals surface area (Å²) in [6.45, 7) is 5.21. The van der Waals surface area contributed by atoms with Crippen molar-refractivity contribution < 1.29 is 14.7 Å². The maximum absolute atomic E-state index is 12.0. The van der Waals surface area contributed by atoms with Crippen LogP contribution in [0.3, 0.4) is 0 Å². The normalized spacial score (nSPS) is 13.5. The maximum atomic E-state index is 12.0. The van der Waals surface area contributed by atoms with Gasteiger partial charge < -0.3 is 10.4 Å². The molecule has 0 aliphatic heterocycles. The van der Waals surface area contributed by atoms with Crippen molar-refractivity contribution >= 4 is 23.4 Å². The Labute approximate surface area is 202 Å². The second-order valence-corrected chi connectivity index (χ2v) is 9.23. The minimum absolute atomic E-state index is 0.0271. The van der Waals surface area contributed by atoms with E-state index in [1.54, 1.807) is 11.8 Å². The Bertz CT molecular complexity index is 700. The van der Waals surface area contributed by atoms with Gasteiger partial charge in [-0.3, -0.25) is 31.5 Å². The van der Waals surface area contributed by atoms with Crippen molar-refractivity contribution in [3.63, 3.8) is 0 Å². The topological polar surface area (TPSA) is 144 Å². The molecule has 2 atom stereocenters. The Morgan fingerprint density at radius 2 is 2.06 bits per heavy atom. The standard InChI is InChI=1S/C23H40N6O3S/c1-3-12-23(25,27-18-24)26-13-5-6-14-32-29-20-9-7-19(8-10-20)16-21(17-30)28-22(31)11-15-33-4-2/h7-10,21,26-27,29-30H,3-6,11-17,25H2,1-2H3,(H,28,31). The van der Waals surface area contributed by atoms with Crippen molar-refractivity contribution in [1.29, 1.82) is 5.26 Å². The van der Waals surface area contributed by atoms with Crippen molar-refractivity contribution in [3.8, 4) is 6.19 Å². The highest BCUT2D eigenvalue weighted by atomic mass is 32.2. The van der Waals surface area contributed by atoms with Crippen LogP contribution in [0.2, 0.25) is 0 Å². The molecule has 0 bridgehead atoms. The van der Waals surface area contributed by atoms with Crippen molar-refractivity contribution in [3.05, 3.63) is 29.8 Å². The van der Waals surface area contributed by atoms with Gasteiger partial charge in [-0.1, -0.05) is 32.4 Å². The molecular weight excluding hydrogens is 440 g/mol. The first-order valence-corrected chi connectivity index (χ1v) is 12.8. The number of unbranched alkanes of at least 4 members (excludes halogenated alkanes) is 1. The Balaban J connectivity index is 2.26. The minimum atomic E-state index is -0.851. The fourth-order valence-electron chi connectivity index (χ4n) is 3.20. The van der Waals surface area contributed by atoms with Gasteiger partial charge >= 0.3 is 0 Å². The number of nitrogens with two attached hydrogens (primary N) is 1. The van der Waals surface area contributed by atoms with Crippen LogP contribution in [-0.2, 0) is 16.1 Å². The summed E-state index contributed by atoms with van der Waals surface area (Å²) in [6, 6.07) is 7.43. The zero-order chi connectivity index (χ0) is 24.4. The monoisotopic (exact) mass is 480 g/mol. The van der Waals surface area contributed by atoms with E-state index in [2.05, 4.69) is 28.4 Å². The van der Waals surface area contributed by atoms with Crippen molar-refractivity contribution in [1.82, 2.24) is 16.0 Å². The zero-order valence-electron chi connectivity index (χ0n) is 19.9. The number of nitriles is 1. The molecule has 7 N–H and O–H groups in total. The number of aliphatic hydroxyl groups excluding tert-OH is 1. The summed E-state index contributed by atoms with van der Waals surface area (Å²) in [7, 11) is 0. The zero-order valence-corrected chi connectivity index (χ0v) is 20.7. The Morgan fingerprint density at radius 3 is 2.70 bits per heavy atom. The quantitative estimate of drug-likeness (QED) is 0.0576. The molecule has 0 saturated heterocycles. The predicted molar refractivity (Wildman–Crippen MR) is 134 cm³/mol. The molecule has 0 fully saturated rings. The first kappa shape index (κ1) is 29.0. The number of nitrogens with one attached hydrogen (secondary N) is 4. The highest BCUT2D eigenvalue weighted by Crippen LogP contribution is 2.12. The summed E-state index contributed by atoms with van der Waals surface area (Å²) in [5, 5.41) is 27.1. The Kier molecular flexibility index (Phi) is 15.3. The molecule has 1 aromatic carbocycles. The molecule has 0 heterocycles. The average Bonchev–Trinajstić information content (AvgIpc) is 2.79. The molecule has 0 spiro atoms. The fourth-order valence-corrected chi connectivity index (χ4v) is 3.82. The molecule has 1 aromatic rings. The summed E-state index contributed by atoms with van der Waals surface area (Å²) in [5.74, 6) is 0.909. The van der Waals surface area contributed by atoms with Crippen molar-refractivity contribution in [2.45, 2.75) is 64.2 Å². The number of nitrogens with zero attached hydrogens (tertiary/aromatic N) is 1. The molecule has 1 rings (SSSR count). The van der Waals surface area contributed by atoms with Crippen LogP contribution in [-0.4, -0.2) is 54.1 Å². The third-order valence-corrected chi connectivity index (χ3v) is 5.83. The van der Waals surface area contributed by atoms with Crippen LogP contribution < -0.4 is 27.2 Å². The number of benzene rings is 1. The number of amides is 1. The highest BCUT2D eigenvalue weighted by Gasteiger charge is 2.21. The van der Waals surface area contributed by atoms with E-state index in [0.717, 1.165) is 42.0 Å². The van der Waals surface area contributed by atoms with Gasteiger partial charge in [0.2, 0.25) is 5.91 Å². The second-order valence-electron chi connectivity index (χ2n) is 7.84. The fraction of sp³-hybridized carbons (Fsp3) is 0.652. The number of carbonyl (C=O) groups is 1. The van der Waals surface area contributed by atoms with E-state index in [9.17, 15) is 9.90 Å². The average molecular weight is 481 g/mol. The van der Waals surface area contributed by atoms with Crippen LogP contribution in [0.15, 0.2) is 24.3 Å². The van der Waals surface area contributed by atoms with Gasteiger partial charge in [0.05, 0.1) is 24.9 Å². The highest BCUT2D eigenvalue weighted by molar-refractivity contribution is 7.99. The van der Waals surface area contributed by atoms with Gasteiger partial charge in [-0.15, -0.1) is 0 Å². The van der Waals surface area contributed by atoms with E-state index in [0.29, 0.717) is 32.4 Å². The lowest BCUT2D eigenvalue weighted by Crippen LogP contribution is -2.62.